The van der Waals surface area contributed by atoms with Gasteiger partial charge in [-0.25, -0.2) is 4.79 Å². The van der Waals surface area contributed by atoms with Crippen molar-refractivity contribution in [1.29, 1.82) is 0 Å². The lowest BCUT2D eigenvalue weighted by Gasteiger charge is -2.31. The Morgan fingerprint density at radius 3 is 2.52 bits per heavy atom. The molecule has 0 atom stereocenters. The van der Waals surface area contributed by atoms with Crippen LogP contribution >= 0.6 is 11.3 Å². The molecular formula is C24H31N3O3S. The number of aromatic carboxylic acids is 1. The minimum atomic E-state index is -1.04. The molecule has 1 aliphatic carbocycles. The van der Waals surface area contributed by atoms with Gasteiger partial charge in [0.05, 0.1) is 22.8 Å². The van der Waals surface area contributed by atoms with E-state index in [-0.39, 0.29) is 28.7 Å². The second-order valence-corrected chi connectivity index (χ2v) is 10.5. The van der Waals surface area contributed by atoms with Gasteiger partial charge in [0.15, 0.2) is 0 Å². The molecule has 3 rings (SSSR count). The summed E-state index contributed by atoms with van der Waals surface area (Å²) in [4.78, 5) is 28.1. The molecular weight excluding hydrogens is 410 g/mol. The molecule has 0 saturated heterocycles. The number of amides is 1. The number of nitrogens with zero attached hydrogens (tertiary/aromatic N) is 3. The Morgan fingerprint density at radius 1 is 1.29 bits per heavy atom. The number of thiophene rings is 1. The second-order valence-electron chi connectivity index (χ2n) is 9.46. The largest absolute Gasteiger partial charge is 0.477 e. The Balaban J connectivity index is 2.02. The zero-order chi connectivity index (χ0) is 22.8. The van der Waals surface area contributed by atoms with Crippen LogP contribution in [0.5, 0.6) is 0 Å². The highest BCUT2D eigenvalue weighted by atomic mass is 32.1. The van der Waals surface area contributed by atoms with Crippen LogP contribution in [0, 0.1) is 29.1 Å². The molecule has 1 aliphatic rings. The van der Waals surface area contributed by atoms with E-state index in [0.29, 0.717) is 16.5 Å². The molecule has 0 aromatic carbocycles. The van der Waals surface area contributed by atoms with Gasteiger partial charge in [-0.15, -0.1) is 11.3 Å². The van der Waals surface area contributed by atoms with Gasteiger partial charge >= 0.3 is 5.97 Å². The topological polar surface area (TPSA) is 75.4 Å². The third kappa shape index (κ3) is 5.76. The average molecular weight is 442 g/mol. The number of anilines is 1. The van der Waals surface area contributed by atoms with Crippen molar-refractivity contribution >= 4 is 28.9 Å². The molecule has 2 aromatic heterocycles. The van der Waals surface area contributed by atoms with Gasteiger partial charge in [-0.3, -0.25) is 9.48 Å². The van der Waals surface area contributed by atoms with E-state index in [1.165, 1.54) is 0 Å². The quantitative estimate of drug-likeness (QED) is 0.667. The van der Waals surface area contributed by atoms with E-state index >= 15 is 0 Å². The van der Waals surface area contributed by atoms with Crippen molar-refractivity contribution in [1.82, 2.24) is 9.78 Å². The lowest BCUT2D eigenvalue weighted by molar-refractivity contribution is -0.123. The van der Waals surface area contributed by atoms with Gasteiger partial charge in [0.25, 0.3) is 0 Å². The number of carbonyl (C=O) groups excluding carboxylic acids is 1. The monoisotopic (exact) mass is 441 g/mol. The number of aryl methyl sites for hydroxylation is 1. The van der Waals surface area contributed by atoms with Crippen LogP contribution in [-0.4, -0.2) is 26.8 Å². The zero-order valence-electron chi connectivity index (χ0n) is 18.9. The minimum Gasteiger partial charge on any atom is -0.477 e. The molecule has 1 saturated carbocycles. The van der Waals surface area contributed by atoms with Crippen LogP contribution in [0.3, 0.4) is 0 Å². The highest BCUT2D eigenvalue weighted by Crippen LogP contribution is 2.36. The summed E-state index contributed by atoms with van der Waals surface area (Å²) in [7, 11) is 1.83. The first-order valence-corrected chi connectivity index (χ1v) is 11.6. The number of rotatable bonds is 5. The molecule has 166 valence electrons. The van der Waals surface area contributed by atoms with Crippen molar-refractivity contribution in [3.05, 3.63) is 33.8 Å². The maximum Gasteiger partial charge on any atom is 0.348 e. The third-order valence-corrected chi connectivity index (χ3v) is 6.66. The number of carboxylic acids is 1. The summed E-state index contributed by atoms with van der Waals surface area (Å²) in [5.41, 5.74) is 1.08. The first kappa shape index (κ1) is 23.1. The molecule has 31 heavy (non-hydrogen) atoms. The first-order valence-electron chi connectivity index (χ1n) is 10.7. The van der Waals surface area contributed by atoms with Crippen molar-refractivity contribution in [2.75, 3.05) is 4.90 Å². The Bertz CT molecular complexity index is 1010. The van der Waals surface area contributed by atoms with E-state index in [1.807, 2.05) is 33.9 Å². The molecule has 2 aromatic rings. The van der Waals surface area contributed by atoms with Crippen LogP contribution in [0.1, 0.15) is 73.6 Å². The first-order chi connectivity index (χ1) is 14.5. The lowest BCUT2D eigenvalue weighted by Crippen LogP contribution is -2.38. The highest BCUT2D eigenvalue weighted by Gasteiger charge is 2.32. The summed E-state index contributed by atoms with van der Waals surface area (Å²) in [6, 6.07) is 3.61. The van der Waals surface area contributed by atoms with Gasteiger partial charge in [-0.1, -0.05) is 18.8 Å². The molecule has 0 radical (unpaired) electrons. The maximum absolute atomic E-state index is 13.6. The smallest absolute Gasteiger partial charge is 0.348 e. The van der Waals surface area contributed by atoms with Crippen molar-refractivity contribution in [2.45, 2.75) is 59.9 Å². The summed E-state index contributed by atoms with van der Waals surface area (Å²) >= 11 is 1.13. The Hall–Kier alpha value is -2.59. The van der Waals surface area contributed by atoms with Crippen molar-refractivity contribution in [2.24, 2.45) is 24.3 Å². The fraction of sp³-hybridized carbons (Fsp3) is 0.542. The second kappa shape index (κ2) is 9.27. The van der Waals surface area contributed by atoms with Gasteiger partial charge < -0.3 is 10.0 Å². The van der Waals surface area contributed by atoms with Crippen molar-refractivity contribution < 1.29 is 14.7 Å². The predicted octanol–water partition coefficient (Wildman–Crippen LogP) is 4.94. The lowest BCUT2D eigenvalue weighted by atomic mass is 9.82. The van der Waals surface area contributed by atoms with Crippen LogP contribution in [0.15, 0.2) is 18.3 Å². The molecule has 1 amide bonds. The number of carboxylic acid groups (broad SMARTS) is 1. The van der Waals surface area contributed by atoms with E-state index in [4.69, 9.17) is 0 Å². The Kier molecular flexibility index (Phi) is 6.90. The molecule has 0 spiro atoms. The van der Waals surface area contributed by atoms with E-state index in [0.717, 1.165) is 42.7 Å². The number of aromatic nitrogens is 2. The predicted molar refractivity (Wildman–Crippen MR) is 123 cm³/mol. The fourth-order valence-corrected chi connectivity index (χ4v) is 4.63. The number of carbonyl (C=O) groups is 2. The number of hydrogen-bond acceptors (Lipinski definition) is 4. The molecule has 1 fully saturated rings. The molecule has 2 heterocycles. The van der Waals surface area contributed by atoms with Crippen LogP contribution < -0.4 is 4.90 Å². The molecule has 6 nitrogen and oxygen atoms in total. The van der Waals surface area contributed by atoms with Gasteiger partial charge in [-0.05, 0) is 64.5 Å². The molecule has 1 N–H and O–H groups in total. The van der Waals surface area contributed by atoms with Gasteiger partial charge in [0.2, 0.25) is 5.91 Å². The van der Waals surface area contributed by atoms with Crippen molar-refractivity contribution in [3.63, 3.8) is 0 Å². The van der Waals surface area contributed by atoms with Crippen LogP contribution in [-0.2, 0) is 18.4 Å². The van der Waals surface area contributed by atoms with Gasteiger partial charge in [0.1, 0.15) is 4.88 Å². The minimum absolute atomic E-state index is 0.0104. The van der Waals surface area contributed by atoms with Crippen molar-refractivity contribution in [3.8, 4) is 11.8 Å². The zero-order valence-corrected chi connectivity index (χ0v) is 19.8. The average Bonchev–Trinajstić information content (AvgIpc) is 3.30. The van der Waals surface area contributed by atoms with E-state index in [2.05, 4.69) is 23.9 Å². The molecule has 0 unspecified atom stereocenters. The van der Waals surface area contributed by atoms with Crippen LogP contribution in [0.25, 0.3) is 0 Å². The summed E-state index contributed by atoms with van der Waals surface area (Å²) in [5, 5.41) is 14.1. The van der Waals surface area contributed by atoms with Gasteiger partial charge in [-0.2, -0.15) is 5.10 Å². The van der Waals surface area contributed by atoms with Gasteiger partial charge in [0, 0.05) is 24.6 Å². The number of hydrogen-bond donors (Lipinski definition) is 1. The third-order valence-electron chi connectivity index (χ3n) is 5.63. The summed E-state index contributed by atoms with van der Waals surface area (Å²) in [6.07, 6.45) is 5.41. The Morgan fingerprint density at radius 2 is 1.97 bits per heavy atom. The maximum atomic E-state index is 13.6. The fourth-order valence-electron chi connectivity index (χ4n) is 3.77. The molecule has 0 aliphatic heterocycles. The summed E-state index contributed by atoms with van der Waals surface area (Å²) in [5.74, 6) is 5.75. The normalized spacial score (nSPS) is 18.9. The van der Waals surface area contributed by atoms with E-state index in [1.54, 1.807) is 21.8 Å². The van der Waals surface area contributed by atoms with E-state index in [9.17, 15) is 14.7 Å². The summed E-state index contributed by atoms with van der Waals surface area (Å²) in [6.45, 7) is 8.53. The summed E-state index contributed by atoms with van der Waals surface area (Å²) < 4.78 is 1.72. The van der Waals surface area contributed by atoms with Crippen LogP contribution in [0.2, 0.25) is 0 Å². The van der Waals surface area contributed by atoms with Crippen LogP contribution in [0.4, 0.5) is 5.69 Å². The van der Waals surface area contributed by atoms with E-state index < -0.39 is 5.97 Å². The highest BCUT2D eigenvalue weighted by molar-refractivity contribution is 7.15. The SMILES string of the molecule is CC1CCC(C(=O)N(Cc2ccnn2C)c2cc(C#CC(C)(C)C)sc2C(=O)O)CC1. The molecule has 7 heteroatoms. The molecule has 0 bridgehead atoms. The Labute approximate surface area is 188 Å². The standard InChI is InChI=1S/C24H31N3O3S/c1-16-6-8-17(9-7-16)22(28)27(15-18-11-13-25-26(18)5)20-14-19(10-12-24(2,3)4)31-21(20)23(29)30/h11,13-14,16-17H,6-9,15H2,1-5H3,(H,29,30).